The first-order valence-corrected chi connectivity index (χ1v) is 18.0. The van der Waals surface area contributed by atoms with Crippen molar-refractivity contribution in [1.29, 1.82) is 0 Å². The van der Waals surface area contributed by atoms with Crippen molar-refractivity contribution in [2.45, 2.75) is 53.2 Å². The van der Waals surface area contributed by atoms with Gasteiger partial charge in [0.05, 0.1) is 49.4 Å². The zero-order chi connectivity index (χ0) is 38.5. The van der Waals surface area contributed by atoms with Crippen molar-refractivity contribution < 1.29 is 28.7 Å². The molecule has 4 N–H and O–H groups in total. The topological polar surface area (TPSA) is 175 Å². The van der Waals surface area contributed by atoms with Crippen LogP contribution in [-0.4, -0.2) is 93.6 Å². The number of rotatable bonds is 13. The molecule has 0 aliphatic rings. The lowest BCUT2D eigenvalue weighted by Gasteiger charge is -2.31. The van der Waals surface area contributed by atoms with E-state index in [9.17, 15) is 19.2 Å². The summed E-state index contributed by atoms with van der Waals surface area (Å²) in [6.45, 7) is 8.84. The molecule has 4 amide bonds. The minimum Gasteiger partial charge on any atom is -0.453 e. The second-order valence-corrected chi connectivity index (χ2v) is 13.7. The number of benzene rings is 4. The van der Waals surface area contributed by atoms with E-state index in [1.165, 1.54) is 14.2 Å². The number of imidazole rings is 2. The number of nitrogens with zero attached hydrogens (tertiary/aromatic N) is 4. The molecule has 0 bridgehead atoms. The maximum absolute atomic E-state index is 13.2. The molecule has 4 aromatic carbocycles. The van der Waals surface area contributed by atoms with Crippen molar-refractivity contribution in [1.82, 2.24) is 40.4 Å². The molecule has 6 aromatic rings. The number of carbonyl (C=O) groups excluding carboxylic acids is 4. The molecule has 0 fully saturated rings. The Morgan fingerprint density at radius 1 is 0.704 bits per heavy atom. The highest BCUT2D eigenvalue weighted by Gasteiger charge is 2.25. The molecule has 2 aromatic heterocycles. The van der Waals surface area contributed by atoms with Gasteiger partial charge in [-0.2, -0.15) is 0 Å². The van der Waals surface area contributed by atoms with Gasteiger partial charge in [-0.05, 0) is 65.4 Å². The van der Waals surface area contributed by atoms with Gasteiger partial charge < -0.3 is 39.9 Å². The van der Waals surface area contributed by atoms with E-state index in [1.54, 1.807) is 9.80 Å². The Kier molecular flexibility index (Phi) is 11.3. The van der Waals surface area contributed by atoms with Gasteiger partial charge in [0, 0.05) is 23.4 Å². The van der Waals surface area contributed by atoms with E-state index < -0.39 is 12.2 Å². The van der Waals surface area contributed by atoms with Crippen molar-refractivity contribution in [3.8, 4) is 11.1 Å². The number of methoxy groups -OCH3 is 2. The Balaban J connectivity index is 1.23. The lowest BCUT2D eigenvalue weighted by Crippen LogP contribution is -2.46. The third-order valence-electron chi connectivity index (χ3n) is 9.80. The van der Waals surface area contributed by atoms with E-state index in [4.69, 9.17) is 9.97 Å². The molecule has 1 unspecified atom stereocenters. The number of carbonyl (C=O) groups is 4. The molecule has 0 saturated heterocycles. The normalized spacial score (nSPS) is 12.0. The molecule has 14 heteroatoms. The summed E-state index contributed by atoms with van der Waals surface area (Å²) in [7, 11) is 2.52. The molecular formula is C40H46N8O6. The summed E-state index contributed by atoms with van der Waals surface area (Å²) in [6, 6.07) is 20.7. The van der Waals surface area contributed by atoms with Gasteiger partial charge in [0.2, 0.25) is 11.8 Å². The van der Waals surface area contributed by atoms with Crippen molar-refractivity contribution in [2.24, 2.45) is 5.92 Å². The van der Waals surface area contributed by atoms with E-state index in [2.05, 4.69) is 92.5 Å². The first-order chi connectivity index (χ1) is 26.0. The van der Waals surface area contributed by atoms with Gasteiger partial charge >= 0.3 is 12.2 Å². The van der Waals surface area contributed by atoms with E-state index in [0.29, 0.717) is 18.2 Å². The monoisotopic (exact) mass is 734 g/mol. The Morgan fingerprint density at radius 3 is 1.69 bits per heavy atom. The lowest BCUT2D eigenvalue weighted by atomic mass is 9.98. The van der Waals surface area contributed by atoms with Gasteiger partial charge in [0.1, 0.15) is 24.7 Å². The molecule has 0 radical (unpaired) electrons. The van der Waals surface area contributed by atoms with Crippen molar-refractivity contribution in [2.75, 3.05) is 33.9 Å². The summed E-state index contributed by atoms with van der Waals surface area (Å²) in [5.74, 6) is 1.06. The molecule has 0 aliphatic carbocycles. The summed E-state index contributed by atoms with van der Waals surface area (Å²) >= 11 is 0. The Labute approximate surface area is 312 Å². The number of amides is 4. The molecule has 0 saturated carbocycles. The molecule has 0 spiro atoms. The third-order valence-corrected chi connectivity index (χ3v) is 9.80. The standard InChI is InChI=1S/C40H46N8O6/c1-7-16-47(35(49)19-41-39(51)53-5)21-33-43-31-14-10-27-17-25(8-12-29(27)37(31)45-33)26-9-13-30-28(18-26)11-15-32-38(30)46-34(44-32)22-48(24(4)23(2)3)36(50)20-42-40(52)54-6/h8-15,17-18,23-24H,7,16,19-22H2,1-6H3,(H,41,51)(H,42,52)(H,43,45)(H,44,46). The smallest absolute Gasteiger partial charge is 0.407 e. The van der Waals surface area contributed by atoms with Gasteiger partial charge in [-0.1, -0.05) is 57.2 Å². The van der Waals surface area contributed by atoms with Gasteiger partial charge in [0.25, 0.3) is 0 Å². The Hall–Kier alpha value is -6.18. The number of alkyl carbamates (subject to hydrolysis) is 2. The zero-order valence-electron chi connectivity index (χ0n) is 31.4. The Bertz CT molecular complexity index is 2350. The zero-order valence-corrected chi connectivity index (χ0v) is 31.4. The van der Waals surface area contributed by atoms with Crippen LogP contribution in [0, 0.1) is 5.92 Å². The largest absolute Gasteiger partial charge is 0.453 e. The van der Waals surface area contributed by atoms with Crippen LogP contribution in [0.25, 0.3) is 54.7 Å². The van der Waals surface area contributed by atoms with Crippen LogP contribution in [0.15, 0.2) is 60.7 Å². The molecule has 54 heavy (non-hydrogen) atoms. The van der Waals surface area contributed by atoms with Crippen LogP contribution in [0.2, 0.25) is 0 Å². The van der Waals surface area contributed by atoms with Crippen molar-refractivity contribution in [3.05, 3.63) is 72.3 Å². The molecule has 1 atom stereocenters. The lowest BCUT2D eigenvalue weighted by molar-refractivity contribution is -0.134. The minimum atomic E-state index is -0.655. The number of fused-ring (bicyclic) bond motifs is 6. The number of ether oxygens (including phenoxy) is 2. The van der Waals surface area contributed by atoms with Crippen LogP contribution in [-0.2, 0) is 32.2 Å². The van der Waals surface area contributed by atoms with Crippen LogP contribution < -0.4 is 10.6 Å². The van der Waals surface area contributed by atoms with Gasteiger partial charge in [0.15, 0.2) is 0 Å². The number of hydrogen-bond donors (Lipinski definition) is 4. The first-order valence-electron chi connectivity index (χ1n) is 18.0. The second kappa shape index (κ2) is 16.2. The summed E-state index contributed by atoms with van der Waals surface area (Å²) in [5.41, 5.74) is 5.51. The molecule has 6 rings (SSSR count). The van der Waals surface area contributed by atoms with E-state index in [0.717, 1.165) is 61.2 Å². The molecule has 0 aliphatic heterocycles. The van der Waals surface area contributed by atoms with E-state index in [1.807, 2.05) is 26.0 Å². The minimum absolute atomic E-state index is 0.0900. The highest BCUT2D eigenvalue weighted by molar-refractivity contribution is 6.07. The van der Waals surface area contributed by atoms with Crippen LogP contribution in [0.3, 0.4) is 0 Å². The fraction of sp³-hybridized carbons (Fsp3) is 0.350. The number of H-pyrrole nitrogens is 2. The summed E-state index contributed by atoms with van der Waals surface area (Å²) in [6.07, 6.45) is -0.547. The summed E-state index contributed by atoms with van der Waals surface area (Å²) in [5, 5.41) is 9.07. The SMILES string of the molecule is CCCN(Cc1nc2ccc3cc(-c4ccc5c(ccc6nc(CN(C(=O)CNC(=O)OC)C(C)C(C)C)[nH]c65)c4)ccc3c2[nH]1)C(=O)CNC(=O)OC. The molecular weight excluding hydrogens is 688 g/mol. The van der Waals surface area contributed by atoms with E-state index >= 15 is 0 Å². The van der Waals surface area contributed by atoms with Crippen molar-refractivity contribution in [3.63, 3.8) is 0 Å². The van der Waals surface area contributed by atoms with Crippen LogP contribution in [0.1, 0.15) is 45.8 Å². The van der Waals surface area contributed by atoms with Gasteiger partial charge in [-0.25, -0.2) is 19.6 Å². The van der Waals surface area contributed by atoms with Crippen LogP contribution in [0.4, 0.5) is 9.59 Å². The molecule has 2 heterocycles. The van der Waals surface area contributed by atoms with Gasteiger partial charge in [-0.3, -0.25) is 9.59 Å². The predicted molar refractivity (Wildman–Crippen MR) is 208 cm³/mol. The summed E-state index contributed by atoms with van der Waals surface area (Å²) in [4.78, 5) is 69.0. The maximum atomic E-state index is 13.2. The number of hydrogen-bond acceptors (Lipinski definition) is 8. The maximum Gasteiger partial charge on any atom is 0.407 e. The third kappa shape index (κ3) is 8.07. The van der Waals surface area contributed by atoms with E-state index in [-0.39, 0.29) is 50.0 Å². The molecule has 282 valence electrons. The average molecular weight is 735 g/mol. The van der Waals surface area contributed by atoms with Crippen LogP contribution >= 0.6 is 0 Å². The second-order valence-electron chi connectivity index (χ2n) is 13.7. The highest BCUT2D eigenvalue weighted by atomic mass is 16.5. The fourth-order valence-electron chi connectivity index (χ4n) is 6.61. The molecule has 14 nitrogen and oxygen atoms in total. The van der Waals surface area contributed by atoms with Gasteiger partial charge in [-0.15, -0.1) is 0 Å². The quantitative estimate of drug-likeness (QED) is 0.108. The number of aromatic nitrogens is 4. The first kappa shape index (κ1) is 37.6. The van der Waals surface area contributed by atoms with Crippen LogP contribution in [0.5, 0.6) is 0 Å². The average Bonchev–Trinajstić information content (AvgIpc) is 3.80. The van der Waals surface area contributed by atoms with Crippen molar-refractivity contribution >= 4 is 67.6 Å². The predicted octanol–water partition coefficient (Wildman–Crippen LogP) is 6.24. The highest BCUT2D eigenvalue weighted by Crippen LogP contribution is 2.32. The number of nitrogens with one attached hydrogen (secondary N) is 4. The fourth-order valence-corrected chi connectivity index (χ4v) is 6.61. The Morgan fingerprint density at radius 2 is 1.20 bits per heavy atom. The summed E-state index contributed by atoms with van der Waals surface area (Å²) < 4.78 is 9.22. The number of aromatic amines is 2.